The molecule has 7 heteroatoms. The number of ether oxygens (including phenoxy) is 1. The van der Waals surface area contributed by atoms with E-state index in [9.17, 15) is 9.90 Å². The Bertz CT molecular complexity index is 749. The largest absolute Gasteiger partial charge is 0.496 e. The SMILES string of the molecule is COc1ccc(Cl)cc1C(C(=O)O)N1CCN(Cc2ccccn2)CC1. The fourth-order valence-electron chi connectivity index (χ4n) is 3.31. The fourth-order valence-corrected chi connectivity index (χ4v) is 3.49. The van der Waals surface area contributed by atoms with Crippen LogP contribution in [-0.2, 0) is 11.3 Å². The number of benzene rings is 1. The molecule has 0 bridgehead atoms. The Morgan fingerprint density at radius 2 is 2.04 bits per heavy atom. The quantitative estimate of drug-likeness (QED) is 0.837. The van der Waals surface area contributed by atoms with Gasteiger partial charge in [-0.2, -0.15) is 0 Å². The van der Waals surface area contributed by atoms with Gasteiger partial charge in [0.05, 0.1) is 12.8 Å². The molecule has 0 amide bonds. The zero-order chi connectivity index (χ0) is 18.5. The van der Waals surface area contributed by atoms with Crippen LogP contribution in [0.5, 0.6) is 5.75 Å². The van der Waals surface area contributed by atoms with Crippen molar-refractivity contribution in [2.45, 2.75) is 12.6 Å². The number of hydrogen-bond donors (Lipinski definition) is 1. The average molecular weight is 376 g/mol. The predicted octanol–water partition coefficient (Wildman–Crippen LogP) is 2.69. The normalized spacial score (nSPS) is 17.0. The average Bonchev–Trinajstić information content (AvgIpc) is 2.64. The number of carbonyl (C=O) groups is 1. The first-order chi connectivity index (χ1) is 12.6. The van der Waals surface area contributed by atoms with Crippen molar-refractivity contribution in [3.05, 3.63) is 58.9 Å². The van der Waals surface area contributed by atoms with E-state index in [1.54, 1.807) is 24.4 Å². The van der Waals surface area contributed by atoms with Gasteiger partial charge in [0.25, 0.3) is 0 Å². The van der Waals surface area contributed by atoms with E-state index in [0.717, 1.165) is 25.3 Å². The van der Waals surface area contributed by atoms with Crippen molar-refractivity contribution in [3.8, 4) is 5.75 Å². The molecule has 2 aromatic rings. The first-order valence-corrected chi connectivity index (χ1v) is 8.89. The summed E-state index contributed by atoms with van der Waals surface area (Å²) in [6.07, 6.45) is 1.79. The van der Waals surface area contributed by atoms with Gasteiger partial charge in [-0.25, -0.2) is 0 Å². The van der Waals surface area contributed by atoms with Gasteiger partial charge >= 0.3 is 5.97 Å². The van der Waals surface area contributed by atoms with Crippen LogP contribution >= 0.6 is 11.6 Å². The topological polar surface area (TPSA) is 65.9 Å². The second kappa shape index (κ2) is 8.49. The molecule has 26 heavy (non-hydrogen) atoms. The second-order valence-electron chi connectivity index (χ2n) is 6.26. The lowest BCUT2D eigenvalue weighted by Gasteiger charge is -2.38. The minimum Gasteiger partial charge on any atom is -0.496 e. The van der Waals surface area contributed by atoms with E-state index in [0.29, 0.717) is 29.4 Å². The van der Waals surface area contributed by atoms with Gasteiger partial charge in [-0.3, -0.25) is 19.6 Å². The molecule has 1 aromatic heterocycles. The molecule has 1 atom stereocenters. The third-order valence-corrected chi connectivity index (χ3v) is 4.84. The molecule has 1 aliphatic heterocycles. The lowest BCUT2D eigenvalue weighted by Crippen LogP contribution is -2.49. The van der Waals surface area contributed by atoms with E-state index in [-0.39, 0.29) is 0 Å². The third kappa shape index (κ3) is 4.33. The number of aliphatic carboxylic acids is 1. The van der Waals surface area contributed by atoms with Crippen molar-refractivity contribution in [2.75, 3.05) is 33.3 Å². The van der Waals surface area contributed by atoms with Gasteiger partial charge in [0.1, 0.15) is 11.8 Å². The van der Waals surface area contributed by atoms with Crippen molar-refractivity contribution in [1.82, 2.24) is 14.8 Å². The van der Waals surface area contributed by atoms with Crippen LogP contribution < -0.4 is 4.74 Å². The summed E-state index contributed by atoms with van der Waals surface area (Å²) in [5.41, 5.74) is 1.61. The Kier molecular flexibility index (Phi) is 6.08. The lowest BCUT2D eigenvalue weighted by atomic mass is 10.0. The number of halogens is 1. The molecular weight excluding hydrogens is 354 g/mol. The Labute approximate surface area is 158 Å². The Hall–Kier alpha value is -2.15. The molecule has 1 aliphatic rings. The molecule has 0 radical (unpaired) electrons. The molecule has 3 rings (SSSR count). The summed E-state index contributed by atoms with van der Waals surface area (Å²) in [5.74, 6) is -0.360. The van der Waals surface area contributed by atoms with Crippen LogP contribution in [0.3, 0.4) is 0 Å². The maximum atomic E-state index is 12.0. The van der Waals surface area contributed by atoms with Gasteiger partial charge in [0.15, 0.2) is 0 Å². The van der Waals surface area contributed by atoms with Gasteiger partial charge in [-0.1, -0.05) is 17.7 Å². The van der Waals surface area contributed by atoms with Crippen LogP contribution in [0.15, 0.2) is 42.6 Å². The molecule has 0 spiro atoms. The van der Waals surface area contributed by atoms with Crippen LogP contribution in [-0.4, -0.2) is 59.1 Å². The Morgan fingerprint density at radius 3 is 2.65 bits per heavy atom. The number of pyridine rings is 1. The zero-order valence-electron chi connectivity index (χ0n) is 14.6. The fraction of sp³-hybridized carbons (Fsp3) is 0.368. The van der Waals surface area contributed by atoms with Crippen LogP contribution in [0.1, 0.15) is 17.3 Å². The molecule has 1 fully saturated rings. The van der Waals surface area contributed by atoms with E-state index in [2.05, 4.69) is 9.88 Å². The number of carboxylic acid groups (broad SMARTS) is 1. The van der Waals surface area contributed by atoms with E-state index in [1.165, 1.54) is 7.11 Å². The number of piperazine rings is 1. The molecule has 1 unspecified atom stereocenters. The number of aromatic nitrogens is 1. The standard InChI is InChI=1S/C19H22ClN3O3/c1-26-17-6-5-14(20)12-16(17)18(19(24)25)23-10-8-22(9-11-23)13-15-4-2-3-7-21-15/h2-7,12,18H,8-11,13H2,1H3,(H,24,25). The van der Waals surface area contributed by atoms with E-state index >= 15 is 0 Å². The van der Waals surface area contributed by atoms with Crippen LogP contribution in [0.2, 0.25) is 5.02 Å². The monoisotopic (exact) mass is 375 g/mol. The summed E-state index contributed by atoms with van der Waals surface area (Å²) < 4.78 is 5.36. The molecule has 1 N–H and O–H groups in total. The maximum absolute atomic E-state index is 12.0. The Morgan fingerprint density at radius 1 is 1.27 bits per heavy atom. The molecular formula is C19H22ClN3O3. The first-order valence-electron chi connectivity index (χ1n) is 8.51. The summed E-state index contributed by atoms with van der Waals surface area (Å²) in [4.78, 5) is 20.6. The lowest BCUT2D eigenvalue weighted by molar-refractivity contribution is -0.144. The summed E-state index contributed by atoms with van der Waals surface area (Å²) in [6.45, 7) is 3.64. The van der Waals surface area contributed by atoms with Gasteiger partial charge in [-0.05, 0) is 30.3 Å². The minimum atomic E-state index is -0.899. The summed E-state index contributed by atoms with van der Waals surface area (Å²) in [5, 5.41) is 10.3. The van der Waals surface area contributed by atoms with Crippen molar-refractivity contribution < 1.29 is 14.6 Å². The van der Waals surface area contributed by atoms with Crippen molar-refractivity contribution in [2.24, 2.45) is 0 Å². The highest BCUT2D eigenvalue weighted by Gasteiger charge is 2.32. The molecule has 2 heterocycles. The van der Waals surface area contributed by atoms with Gasteiger partial charge in [0, 0.05) is 49.5 Å². The highest BCUT2D eigenvalue weighted by Crippen LogP contribution is 2.32. The highest BCUT2D eigenvalue weighted by atomic mass is 35.5. The van der Waals surface area contributed by atoms with E-state index in [4.69, 9.17) is 16.3 Å². The Balaban J connectivity index is 1.71. The van der Waals surface area contributed by atoms with Crippen molar-refractivity contribution in [3.63, 3.8) is 0 Å². The highest BCUT2D eigenvalue weighted by molar-refractivity contribution is 6.30. The number of nitrogens with zero attached hydrogens (tertiary/aromatic N) is 3. The molecule has 1 aromatic carbocycles. The summed E-state index contributed by atoms with van der Waals surface area (Å²) in [7, 11) is 1.54. The number of rotatable bonds is 6. The smallest absolute Gasteiger partial charge is 0.325 e. The number of hydrogen-bond acceptors (Lipinski definition) is 5. The van der Waals surface area contributed by atoms with Crippen molar-refractivity contribution in [1.29, 1.82) is 0 Å². The van der Waals surface area contributed by atoms with Gasteiger partial charge in [-0.15, -0.1) is 0 Å². The van der Waals surface area contributed by atoms with Crippen molar-refractivity contribution >= 4 is 17.6 Å². The number of carboxylic acids is 1. The molecule has 0 saturated carbocycles. The second-order valence-corrected chi connectivity index (χ2v) is 6.70. The minimum absolute atomic E-state index is 0.501. The van der Waals surface area contributed by atoms with Gasteiger partial charge < -0.3 is 9.84 Å². The molecule has 0 aliphatic carbocycles. The molecule has 1 saturated heterocycles. The number of methoxy groups -OCH3 is 1. The summed E-state index contributed by atoms with van der Waals surface area (Å²) >= 11 is 6.09. The van der Waals surface area contributed by atoms with Crippen LogP contribution in [0, 0.1) is 0 Å². The zero-order valence-corrected chi connectivity index (χ0v) is 15.4. The van der Waals surface area contributed by atoms with Crippen LogP contribution in [0.25, 0.3) is 0 Å². The molecule has 6 nitrogen and oxygen atoms in total. The predicted molar refractivity (Wildman–Crippen MR) is 99.5 cm³/mol. The molecule has 138 valence electrons. The summed E-state index contributed by atoms with van der Waals surface area (Å²) in [6, 6.07) is 10.2. The van der Waals surface area contributed by atoms with Gasteiger partial charge in [0.2, 0.25) is 0 Å². The van der Waals surface area contributed by atoms with E-state index < -0.39 is 12.0 Å². The van der Waals surface area contributed by atoms with Crippen LogP contribution in [0.4, 0.5) is 0 Å². The maximum Gasteiger partial charge on any atom is 0.325 e. The first kappa shape index (κ1) is 18.6. The third-order valence-electron chi connectivity index (χ3n) is 4.60. The van der Waals surface area contributed by atoms with E-state index in [1.807, 2.05) is 23.1 Å².